The Balaban J connectivity index is 1.39. The molecule has 1 aromatic carbocycles. The molecule has 0 unspecified atom stereocenters. The molecule has 0 bridgehead atoms. The summed E-state index contributed by atoms with van der Waals surface area (Å²) in [4.78, 5) is 22.1. The van der Waals surface area contributed by atoms with Crippen molar-refractivity contribution in [1.29, 1.82) is 0 Å². The molecule has 1 aromatic heterocycles. The number of piperazine rings is 1. The lowest BCUT2D eigenvalue weighted by Crippen LogP contribution is -2.50. The van der Waals surface area contributed by atoms with Gasteiger partial charge in [0.25, 0.3) is 5.91 Å². The Kier molecular flexibility index (Phi) is 6.77. The van der Waals surface area contributed by atoms with Crippen LogP contribution in [-0.4, -0.2) is 73.7 Å². The van der Waals surface area contributed by atoms with E-state index in [0.717, 1.165) is 0 Å². The molecule has 1 amide bonds. The van der Waals surface area contributed by atoms with Crippen LogP contribution in [0.1, 0.15) is 0 Å². The molecule has 1 aliphatic rings. The zero-order chi connectivity index (χ0) is 19.8. The van der Waals surface area contributed by atoms with E-state index in [1.165, 1.54) is 4.31 Å². The molecule has 150 valence electrons. The van der Waals surface area contributed by atoms with E-state index in [2.05, 4.69) is 15.3 Å². The Morgan fingerprint density at radius 1 is 1.04 bits per heavy atom. The predicted octanol–water partition coefficient (Wildman–Crippen LogP) is 0.124. The Hall–Kier alpha value is -2.72. The van der Waals surface area contributed by atoms with Gasteiger partial charge in [0.2, 0.25) is 16.0 Å². The lowest BCUT2D eigenvalue weighted by molar-refractivity contribution is -0.122. The fraction of sp³-hybridized carbons (Fsp3) is 0.389. The van der Waals surface area contributed by atoms with Crippen LogP contribution in [0.4, 0.5) is 5.95 Å². The maximum absolute atomic E-state index is 12.5. The summed E-state index contributed by atoms with van der Waals surface area (Å²) in [5, 5.41) is 2.58. The molecule has 2 aromatic rings. The average molecular weight is 405 g/mol. The van der Waals surface area contributed by atoms with Crippen molar-refractivity contribution in [3.05, 3.63) is 48.8 Å². The lowest BCUT2D eigenvalue weighted by atomic mass is 10.3. The van der Waals surface area contributed by atoms with Crippen LogP contribution in [0.5, 0.6) is 5.75 Å². The number of hydrogen-bond acceptors (Lipinski definition) is 7. The van der Waals surface area contributed by atoms with Crippen LogP contribution in [0.15, 0.2) is 48.8 Å². The van der Waals surface area contributed by atoms with E-state index in [0.29, 0.717) is 37.9 Å². The standard InChI is InChI=1S/C18H23N5O4S/c24-17(15-27-16-5-2-1-3-6-16)19-9-14-28(25,26)23-12-10-22(11-13-23)18-20-7-4-8-21-18/h1-8H,9-15H2,(H,19,24). The number of sulfonamides is 1. The van der Waals surface area contributed by atoms with E-state index < -0.39 is 10.0 Å². The fourth-order valence-corrected chi connectivity index (χ4v) is 4.12. The Morgan fingerprint density at radius 3 is 2.39 bits per heavy atom. The molecular formula is C18H23N5O4S. The van der Waals surface area contributed by atoms with Gasteiger partial charge in [-0.25, -0.2) is 18.4 Å². The molecule has 0 atom stereocenters. The topological polar surface area (TPSA) is 105 Å². The van der Waals surface area contributed by atoms with Crippen molar-refractivity contribution in [3.8, 4) is 5.75 Å². The zero-order valence-corrected chi connectivity index (χ0v) is 16.2. The molecule has 2 heterocycles. The van der Waals surface area contributed by atoms with E-state index in [4.69, 9.17) is 4.74 Å². The summed E-state index contributed by atoms with van der Waals surface area (Å²) in [6.07, 6.45) is 3.32. The number of nitrogens with zero attached hydrogens (tertiary/aromatic N) is 4. The Bertz CT molecular complexity index is 856. The van der Waals surface area contributed by atoms with Gasteiger partial charge < -0.3 is 15.0 Å². The number of anilines is 1. The Labute approximate surface area is 164 Å². The first kappa shape index (κ1) is 20.0. The summed E-state index contributed by atoms with van der Waals surface area (Å²) in [6.45, 7) is 1.68. The molecule has 9 nitrogen and oxygen atoms in total. The second kappa shape index (κ2) is 9.47. The number of nitrogens with one attached hydrogen (secondary N) is 1. The molecule has 0 radical (unpaired) electrons. The maximum Gasteiger partial charge on any atom is 0.257 e. The van der Waals surface area contributed by atoms with Crippen LogP contribution in [0, 0.1) is 0 Å². The van der Waals surface area contributed by atoms with Crippen molar-refractivity contribution < 1.29 is 17.9 Å². The average Bonchev–Trinajstić information content (AvgIpc) is 2.74. The maximum atomic E-state index is 12.5. The molecule has 1 N–H and O–H groups in total. The molecule has 0 spiro atoms. The summed E-state index contributed by atoms with van der Waals surface area (Å²) in [5.74, 6) is 0.687. The third kappa shape index (κ3) is 5.64. The number of carbonyl (C=O) groups excluding carboxylic acids is 1. The van der Waals surface area contributed by atoms with Gasteiger partial charge in [0.15, 0.2) is 6.61 Å². The molecule has 3 rings (SSSR count). The van der Waals surface area contributed by atoms with E-state index >= 15 is 0 Å². The van der Waals surface area contributed by atoms with Crippen molar-refractivity contribution in [3.63, 3.8) is 0 Å². The number of carbonyl (C=O) groups is 1. The first-order valence-electron chi connectivity index (χ1n) is 8.99. The van der Waals surface area contributed by atoms with Crippen molar-refractivity contribution in [2.75, 3.05) is 50.0 Å². The largest absolute Gasteiger partial charge is 0.484 e. The van der Waals surface area contributed by atoms with Crippen molar-refractivity contribution in [2.24, 2.45) is 0 Å². The number of hydrogen-bond donors (Lipinski definition) is 1. The van der Waals surface area contributed by atoms with E-state index in [1.807, 2.05) is 23.1 Å². The quantitative estimate of drug-likeness (QED) is 0.665. The molecular weight excluding hydrogens is 382 g/mol. The number of aromatic nitrogens is 2. The van der Waals surface area contributed by atoms with Crippen molar-refractivity contribution in [2.45, 2.75) is 0 Å². The molecule has 1 saturated heterocycles. The summed E-state index contributed by atoms with van der Waals surface area (Å²) in [6, 6.07) is 10.7. The SMILES string of the molecule is O=C(COc1ccccc1)NCCS(=O)(=O)N1CCN(c2ncccn2)CC1. The molecule has 28 heavy (non-hydrogen) atoms. The smallest absolute Gasteiger partial charge is 0.257 e. The number of ether oxygens (including phenoxy) is 1. The normalized spacial score (nSPS) is 15.2. The van der Waals surface area contributed by atoms with Gasteiger partial charge in [-0.05, 0) is 18.2 Å². The van der Waals surface area contributed by atoms with Gasteiger partial charge >= 0.3 is 0 Å². The van der Waals surface area contributed by atoms with Gasteiger partial charge in [-0.15, -0.1) is 0 Å². The highest BCUT2D eigenvalue weighted by Crippen LogP contribution is 2.12. The first-order chi connectivity index (χ1) is 13.5. The molecule has 10 heteroatoms. The lowest BCUT2D eigenvalue weighted by Gasteiger charge is -2.33. The van der Waals surface area contributed by atoms with Gasteiger partial charge in [-0.3, -0.25) is 4.79 Å². The minimum Gasteiger partial charge on any atom is -0.484 e. The van der Waals surface area contributed by atoms with E-state index in [9.17, 15) is 13.2 Å². The summed E-state index contributed by atoms with van der Waals surface area (Å²) < 4.78 is 31.7. The van der Waals surface area contributed by atoms with Crippen LogP contribution in [0.2, 0.25) is 0 Å². The number of para-hydroxylation sites is 1. The molecule has 0 aliphatic carbocycles. The van der Waals surface area contributed by atoms with Gasteiger partial charge in [0.1, 0.15) is 5.75 Å². The van der Waals surface area contributed by atoms with Crippen LogP contribution < -0.4 is 15.0 Å². The van der Waals surface area contributed by atoms with E-state index in [-0.39, 0.29) is 24.8 Å². The highest BCUT2D eigenvalue weighted by Gasteiger charge is 2.27. The summed E-state index contributed by atoms with van der Waals surface area (Å²) in [7, 11) is -3.44. The first-order valence-corrected chi connectivity index (χ1v) is 10.6. The number of rotatable bonds is 8. The number of amides is 1. The minimum absolute atomic E-state index is 0.0430. The van der Waals surface area contributed by atoms with Gasteiger partial charge in [-0.2, -0.15) is 4.31 Å². The predicted molar refractivity (Wildman–Crippen MR) is 105 cm³/mol. The van der Waals surface area contributed by atoms with Crippen molar-refractivity contribution >= 4 is 21.9 Å². The third-order valence-electron chi connectivity index (χ3n) is 4.26. The van der Waals surface area contributed by atoms with Gasteiger partial charge in [-0.1, -0.05) is 18.2 Å². The highest BCUT2D eigenvalue weighted by molar-refractivity contribution is 7.89. The molecule has 1 fully saturated rings. The van der Waals surface area contributed by atoms with E-state index in [1.54, 1.807) is 30.6 Å². The van der Waals surface area contributed by atoms with Gasteiger partial charge in [0.05, 0.1) is 5.75 Å². The fourth-order valence-electron chi connectivity index (χ4n) is 2.79. The summed E-state index contributed by atoms with van der Waals surface area (Å²) in [5.41, 5.74) is 0. The third-order valence-corrected chi connectivity index (χ3v) is 6.13. The number of benzene rings is 1. The monoisotopic (exact) mass is 405 g/mol. The van der Waals surface area contributed by atoms with Gasteiger partial charge in [0, 0.05) is 45.1 Å². The minimum atomic E-state index is -3.44. The van der Waals surface area contributed by atoms with Crippen molar-refractivity contribution in [1.82, 2.24) is 19.6 Å². The molecule has 1 aliphatic heterocycles. The van der Waals surface area contributed by atoms with Crippen LogP contribution in [-0.2, 0) is 14.8 Å². The summed E-state index contributed by atoms with van der Waals surface area (Å²) >= 11 is 0. The Morgan fingerprint density at radius 2 is 1.71 bits per heavy atom. The van der Waals surface area contributed by atoms with Crippen LogP contribution >= 0.6 is 0 Å². The van der Waals surface area contributed by atoms with Crippen LogP contribution in [0.3, 0.4) is 0 Å². The van der Waals surface area contributed by atoms with Crippen LogP contribution in [0.25, 0.3) is 0 Å². The zero-order valence-electron chi connectivity index (χ0n) is 15.4. The second-order valence-corrected chi connectivity index (χ2v) is 8.29. The highest BCUT2D eigenvalue weighted by atomic mass is 32.2. The second-order valence-electron chi connectivity index (χ2n) is 6.20. The molecule has 0 saturated carbocycles.